The summed E-state index contributed by atoms with van der Waals surface area (Å²) in [6.07, 6.45) is 1.45. The zero-order chi connectivity index (χ0) is 14.7. The number of aromatic nitrogens is 2. The van der Waals surface area contributed by atoms with E-state index in [1.165, 1.54) is 18.5 Å². The maximum Gasteiger partial charge on any atom is 0.270 e. The number of nitrogens with one attached hydrogen (secondary N) is 2. The van der Waals surface area contributed by atoms with Gasteiger partial charge in [0.25, 0.3) is 5.69 Å². The number of non-ortho nitro benzene ring substituents is 1. The number of nitro groups is 1. The zero-order valence-corrected chi connectivity index (χ0v) is 11.3. The van der Waals surface area contributed by atoms with Gasteiger partial charge in [-0.2, -0.15) is 0 Å². The maximum absolute atomic E-state index is 10.9. The number of morpholine rings is 1. The molecule has 2 heterocycles. The van der Waals surface area contributed by atoms with Crippen molar-refractivity contribution in [2.75, 3.05) is 31.6 Å². The van der Waals surface area contributed by atoms with Crippen LogP contribution in [0.15, 0.2) is 24.5 Å². The van der Waals surface area contributed by atoms with Gasteiger partial charge < -0.3 is 15.4 Å². The zero-order valence-electron chi connectivity index (χ0n) is 11.3. The Morgan fingerprint density at radius 3 is 3.14 bits per heavy atom. The molecule has 1 atom stereocenters. The lowest BCUT2D eigenvalue weighted by Crippen LogP contribution is -2.45. The number of benzene rings is 1. The second-order valence-corrected chi connectivity index (χ2v) is 4.79. The largest absolute Gasteiger partial charge is 0.378 e. The lowest BCUT2D eigenvalue weighted by atomic mass is 10.2. The van der Waals surface area contributed by atoms with Crippen LogP contribution in [-0.4, -0.2) is 47.2 Å². The van der Waals surface area contributed by atoms with Gasteiger partial charge in [-0.3, -0.25) is 10.1 Å². The Bertz CT molecular complexity index is 657. The summed E-state index contributed by atoms with van der Waals surface area (Å²) >= 11 is 0. The number of hydrogen-bond donors (Lipinski definition) is 2. The van der Waals surface area contributed by atoms with Crippen LogP contribution < -0.4 is 10.6 Å². The molecule has 1 saturated heterocycles. The van der Waals surface area contributed by atoms with Crippen molar-refractivity contribution < 1.29 is 9.66 Å². The van der Waals surface area contributed by atoms with Gasteiger partial charge in [-0.05, 0) is 6.07 Å². The second kappa shape index (κ2) is 5.98. The Balaban J connectivity index is 1.83. The first-order chi connectivity index (χ1) is 10.2. The van der Waals surface area contributed by atoms with E-state index in [4.69, 9.17) is 4.74 Å². The molecule has 1 aromatic carbocycles. The highest BCUT2D eigenvalue weighted by Crippen LogP contribution is 2.24. The first kappa shape index (κ1) is 13.7. The normalized spacial score (nSPS) is 18.6. The lowest BCUT2D eigenvalue weighted by molar-refractivity contribution is -0.384. The van der Waals surface area contributed by atoms with Gasteiger partial charge in [0.2, 0.25) is 0 Å². The van der Waals surface area contributed by atoms with E-state index >= 15 is 0 Å². The highest BCUT2D eigenvalue weighted by atomic mass is 16.6. The predicted molar refractivity (Wildman–Crippen MR) is 77.3 cm³/mol. The molecule has 0 amide bonds. The number of hydrogen-bond acceptors (Lipinski definition) is 7. The van der Waals surface area contributed by atoms with E-state index < -0.39 is 4.92 Å². The third-order valence-corrected chi connectivity index (χ3v) is 3.34. The summed E-state index contributed by atoms with van der Waals surface area (Å²) in [5, 5.41) is 18.1. The van der Waals surface area contributed by atoms with Gasteiger partial charge in [0, 0.05) is 36.7 Å². The number of anilines is 1. The summed E-state index contributed by atoms with van der Waals surface area (Å²) in [5.74, 6) is 0.594. The topological polar surface area (TPSA) is 102 Å². The van der Waals surface area contributed by atoms with E-state index in [0.29, 0.717) is 29.9 Å². The molecule has 21 heavy (non-hydrogen) atoms. The van der Waals surface area contributed by atoms with E-state index in [0.717, 1.165) is 13.2 Å². The average molecular weight is 289 g/mol. The molecule has 8 nitrogen and oxygen atoms in total. The number of ether oxygens (including phenoxy) is 1. The van der Waals surface area contributed by atoms with Crippen molar-refractivity contribution in [3.05, 3.63) is 34.6 Å². The molecule has 1 fully saturated rings. The van der Waals surface area contributed by atoms with Crippen LogP contribution in [0.25, 0.3) is 10.9 Å². The molecule has 0 bridgehead atoms. The minimum atomic E-state index is -0.424. The van der Waals surface area contributed by atoms with Gasteiger partial charge in [-0.25, -0.2) is 9.97 Å². The van der Waals surface area contributed by atoms with Crippen molar-refractivity contribution in [1.82, 2.24) is 15.3 Å². The molecule has 110 valence electrons. The average Bonchev–Trinajstić information content (AvgIpc) is 2.53. The van der Waals surface area contributed by atoms with Crippen molar-refractivity contribution in [1.29, 1.82) is 0 Å². The second-order valence-electron chi connectivity index (χ2n) is 4.79. The summed E-state index contributed by atoms with van der Waals surface area (Å²) < 4.78 is 5.38. The monoisotopic (exact) mass is 289 g/mol. The standard InChI is InChI=1S/C13H15N5O3/c19-18(20)10-1-2-12-11(5-10)13(17-8-16-12)15-6-9-7-21-4-3-14-9/h1-2,5,8-9,14H,3-4,6-7H2,(H,15,16,17). The molecule has 1 aromatic heterocycles. The number of nitrogens with zero attached hydrogens (tertiary/aromatic N) is 3. The number of nitro benzene ring substituents is 1. The molecule has 0 spiro atoms. The Morgan fingerprint density at radius 2 is 2.38 bits per heavy atom. The molecular formula is C13H15N5O3. The van der Waals surface area contributed by atoms with E-state index in [1.54, 1.807) is 6.07 Å². The molecule has 1 unspecified atom stereocenters. The Hall–Kier alpha value is -2.32. The van der Waals surface area contributed by atoms with Crippen LogP contribution in [0.2, 0.25) is 0 Å². The Kier molecular flexibility index (Phi) is 3.89. The lowest BCUT2D eigenvalue weighted by Gasteiger charge is -2.24. The summed E-state index contributed by atoms with van der Waals surface area (Å²) in [5.41, 5.74) is 0.699. The first-order valence-electron chi connectivity index (χ1n) is 6.68. The molecule has 1 aliphatic rings. The van der Waals surface area contributed by atoms with Gasteiger partial charge in [-0.1, -0.05) is 0 Å². The molecular weight excluding hydrogens is 274 g/mol. The smallest absolute Gasteiger partial charge is 0.270 e. The van der Waals surface area contributed by atoms with Crippen LogP contribution >= 0.6 is 0 Å². The quantitative estimate of drug-likeness (QED) is 0.637. The maximum atomic E-state index is 10.9. The SMILES string of the molecule is O=[N+]([O-])c1ccc2ncnc(NCC3COCCN3)c2c1. The molecule has 8 heteroatoms. The summed E-state index contributed by atoms with van der Waals surface area (Å²) in [6.45, 7) is 2.81. The molecule has 0 aliphatic carbocycles. The third kappa shape index (κ3) is 3.06. The van der Waals surface area contributed by atoms with Crippen molar-refractivity contribution in [2.24, 2.45) is 0 Å². The van der Waals surface area contributed by atoms with Gasteiger partial charge >= 0.3 is 0 Å². The van der Waals surface area contributed by atoms with E-state index in [9.17, 15) is 10.1 Å². The van der Waals surface area contributed by atoms with Crippen molar-refractivity contribution >= 4 is 22.4 Å². The molecule has 3 rings (SSSR count). The van der Waals surface area contributed by atoms with Crippen LogP contribution in [-0.2, 0) is 4.74 Å². The molecule has 2 aromatic rings. The van der Waals surface area contributed by atoms with E-state index in [1.807, 2.05) is 0 Å². The van der Waals surface area contributed by atoms with Crippen LogP contribution in [0, 0.1) is 10.1 Å². The molecule has 2 N–H and O–H groups in total. The summed E-state index contributed by atoms with van der Waals surface area (Å²) in [7, 11) is 0. The van der Waals surface area contributed by atoms with Gasteiger partial charge in [0.15, 0.2) is 0 Å². The van der Waals surface area contributed by atoms with Gasteiger partial charge in [0.05, 0.1) is 23.7 Å². The summed E-state index contributed by atoms with van der Waals surface area (Å²) in [6, 6.07) is 4.75. The minimum Gasteiger partial charge on any atom is -0.378 e. The number of rotatable bonds is 4. The molecule has 0 radical (unpaired) electrons. The van der Waals surface area contributed by atoms with Crippen LogP contribution in [0.5, 0.6) is 0 Å². The fourth-order valence-corrected chi connectivity index (χ4v) is 2.27. The molecule has 1 aliphatic heterocycles. The van der Waals surface area contributed by atoms with Gasteiger partial charge in [-0.15, -0.1) is 0 Å². The van der Waals surface area contributed by atoms with Crippen LogP contribution in [0.3, 0.4) is 0 Å². The first-order valence-corrected chi connectivity index (χ1v) is 6.68. The van der Waals surface area contributed by atoms with Crippen molar-refractivity contribution in [3.8, 4) is 0 Å². The van der Waals surface area contributed by atoms with E-state index in [-0.39, 0.29) is 11.7 Å². The highest BCUT2D eigenvalue weighted by Gasteiger charge is 2.14. The number of fused-ring (bicyclic) bond motifs is 1. The third-order valence-electron chi connectivity index (χ3n) is 3.34. The van der Waals surface area contributed by atoms with Crippen molar-refractivity contribution in [2.45, 2.75) is 6.04 Å². The highest BCUT2D eigenvalue weighted by molar-refractivity contribution is 5.90. The fraction of sp³-hybridized carbons (Fsp3) is 0.385. The Morgan fingerprint density at radius 1 is 1.48 bits per heavy atom. The minimum absolute atomic E-state index is 0.0273. The predicted octanol–water partition coefficient (Wildman–Crippen LogP) is 0.938. The van der Waals surface area contributed by atoms with Gasteiger partial charge in [0.1, 0.15) is 12.1 Å². The molecule has 0 saturated carbocycles. The summed E-state index contributed by atoms with van der Waals surface area (Å²) in [4.78, 5) is 18.8. The van der Waals surface area contributed by atoms with Crippen LogP contribution in [0.4, 0.5) is 11.5 Å². The Labute approximate surface area is 120 Å². The fourth-order valence-electron chi connectivity index (χ4n) is 2.27. The van der Waals surface area contributed by atoms with Crippen LogP contribution in [0.1, 0.15) is 0 Å². The van der Waals surface area contributed by atoms with Crippen molar-refractivity contribution in [3.63, 3.8) is 0 Å². The van der Waals surface area contributed by atoms with E-state index in [2.05, 4.69) is 20.6 Å².